The highest BCUT2D eigenvalue weighted by atomic mass is 16.4. The van der Waals surface area contributed by atoms with E-state index in [1.807, 2.05) is 38.1 Å². The summed E-state index contributed by atoms with van der Waals surface area (Å²) >= 11 is 0. The standard InChI is InChI=1S/C22H27N5O3/c1-5-26(6-2)14-17-11-12-20(30-17)22(29)25-24-21(28)18-13-23-27(16(18)4)19-10-8-7-9-15(19)3/h7-13H,5-6,14H2,1-4H3,(H,24,28)(H,25,29). The predicted octanol–water partition coefficient (Wildman–Crippen LogP) is 3.00. The van der Waals surface area contributed by atoms with E-state index in [2.05, 4.69) is 34.7 Å². The highest BCUT2D eigenvalue weighted by Gasteiger charge is 2.18. The molecule has 3 rings (SSSR count). The number of rotatable bonds is 7. The Morgan fingerprint density at radius 2 is 1.73 bits per heavy atom. The van der Waals surface area contributed by atoms with Crippen molar-refractivity contribution in [2.24, 2.45) is 0 Å². The zero-order valence-electron chi connectivity index (χ0n) is 17.7. The Bertz CT molecular complexity index is 1030. The SMILES string of the molecule is CCN(CC)Cc1ccc(C(=O)NNC(=O)c2cnn(-c3ccccc3C)c2C)o1. The van der Waals surface area contributed by atoms with Crippen molar-refractivity contribution in [3.63, 3.8) is 0 Å². The summed E-state index contributed by atoms with van der Waals surface area (Å²) < 4.78 is 7.30. The zero-order valence-corrected chi connectivity index (χ0v) is 17.7. The number of hydrogen-bond donors (Lipinski definition) is 2. The van der Waals surface area contributed by atoms with Crippen molar-refractivity contribution in [2.75, 3.05) is 13.1 Å². The molecule has 0 bridgehead atoms. The second-order valence-electron chi connectivity index (χ2n) is 6.98. The number of carbonyl (C=O) groups is 2. The van der Waals surface area contributed by atoms with E-state index < -0.39 is 11.8 Å². The number of hydrazine groups is 1. The Morgan fingerprint density at radius 3 is 2.43 bits per heavy atom. The van der Waals surface area contributed by atoms with E-state index in [-0.39, 0.29) is 5.76 Å². The number of aryl methyl sites for hydroxylation is 1. The van der Waals surface area contributed by atoms with E-state index in [0.717, 1.165) is 24.3 Å². The van der Waals surface area contributed by atoms with Crippen molar-refractivity contribution in [2.45, 2.75) is 34.2 Å². The number of amides is 2. The second kappa shape index (κ2) is 9.41. The molecule has 0 aliphatic carbocycles. The molecule has 8 nitrogen and oxygen atoms in total. The first-order valence-corrected chi connectivity index (χ1v) is 9.97. The maximum absolute atomic E-state index is 12.5. The Hall–Kier alpha value is -3.39. The number of furan rings is 1. The third kappa shape index (κ3) is 4.60. The molecule has 3 aromatic rings. The first kappa shape index (κ1) is 21.3. The third-order valence-electron chi connectivity index (χ3n) is 5.05. The van der Waals surface area contributed by atoms with Gasteiger partial charge in [-0.05, 0) is 50.7 Å². The van der Waals surface area contributed by atoms with Crippen LogP contribution in [0.25, 0.3) is 5.69 Å². The largest absolute Gasteiger partial charge is 0.454 e. The van der Waals surface area contributed by atoms with Gasteiger partial charge in [-0.1, -0.05) is 32.0 Å². The van der Waals surface area contributed by atoms with Crippen LogP contribution in [-0.4, -0.2) is 39.6 Å². The van der Waals surface area contributed by atoms with Crippen LogP contribution in [-0.2, 0) is 6.54 Å². The van der Waals surface area contributed by atoms with Crippen molar-refractivity contribution in [1.82, 2.24) is 25.5 Å². The van der Waals surface area contributed by atoms with Gasteiger partial charge in [0, 0.05) is 0 Å². The maximum Gasteiger partial charge on any atom is 0.305 e. The number of carbonyl (C=O) groups excluding carboxylic acids is 2. The van der Waals surface area contributed by atoms with Crippen LogP contribution in [0.4, 0.5) is 0 Å². The highest BCUT2D eigenvalue weighted by molar-refractivity contribution is 5.98. The highest BCUT2D eigenvalue weighted by Crippen LogP contribution is 2.17. The number of aromatic nitrogens is 2. The summed E-state index contributed by atoms with van der Waals surface area (Å²) in [5, 5.41) is 4.32. The van der Waals surface area contributed by atoms with Crippen LogP contribution < -0.4 is 10.9 Å². The Labute approximate surface area is 175 Å². The molecule has 2 aromatic heterocycles. The van der Waals surface area contributed by atoms with Gasteiger partial charge in [-0.3, -0.25) is 25.3 Å². The van der Waals surface area contributed by atoms with Gasteiger partial charge in [0.05, 0.1) is 29.7 Å². The van der Waals surface area contributed by atoms with Gasteiger partial charge in [-0.2, -0.15) is 5.10 Å². The molecule has 0 radical (unpaired) electrons. The molecule has 0 saturated carbocycles. The molecular weight excluding hydrogens is 382 g/mol. The van der Waals surface area contributed by atoms with Crippen LogP contribution in [0.2, 0.25) is 0 Å². The molecule has 0 saturated heterocycles. The van der Waals surface area contributed by atoms with Crippen LogP contribution >= 0.6 is 0 Å². The van der Waals surface area contributed by atoms with Crippen LogP contribution in [0, 0.1) is 13.8 Å². The van der Waals surface area contributed by atoms with Crippen LogP contribution in [0.15, 0.2) is 47.0 Å². The van der Waals surface area contributed by atoms with Crippen LogP contribution in [0.1, 0.15) is 51.8 Å². The summed E-state index contributed by atoms with van der Waals surface area (Å²) in [5.74, 6) is -0.121. The zero-order chi connectivity index (χ0) is 21.7. The fourth-order valence-corrected chi connectivity index (χ4v) is 3.17. The van der Waals surface area contributed by atoms with Gasteiger partial charge in [0.15, 0.2) is 5.76 Å². The van der Waals surface area contributed by atoms with Crippen molar-refractivity contribution < 1.29 is 14.0 Å². The summed E-state index contributed by atoms with van der Waals surface area (Å²) in [6, 6.07) is 11.1. The minimum Gasteiger partial charge on any atom is -0.454 e. The summed E-state index contributed by atoms with van der Waals surface area (Å²) in [5.41, 5.74) is 7.82. The molecule has 2 N–H and O–H groups in total. The predicted molar refractivity (Wildman–Crippen MR) is 113 cm³/mol. The van der Waals surface area contributed by atoms with Gasteiger partial charge >= 0.3 is 5.91 Å². The topological polar surface area (TPSA) is 92.4 Å². The van der Waals surface area contributed by atoms with Gasteiger partial charge in [0.25, 0.3) is 5.91 Å². The summed E-state index contributed by atoms with van der Waals surface area (Å²) in [4.78, 5) is 27.0. The number of nitrogens with one attached hydrogen (secondary N) is 2. The quantitative estimate of drug-likeness (QED) is 0.585. The molecule has 0 spiro atoms. The van der Waals surface area contributed by atoms with Crippen LogP contribution in [0.5, 0.6) is 0 Å². The lowest BCUT2D eigenvalue weighted by Gasteiger charge is -2.15. The van der Waals surface area contributed by atoms with Crippen molar-refractivity contribution in [3.8, 4) is 5.69 Å². The first-order valence-electron chi connectivity index (χ1n) is 9.97. The molecule has 2 heterocycles. The fourth-order valence-electron chi connectivity index (χ4n) is 3.17. The van der Waals surface area contributed by atoms with E-state index in [4.69, 9.17) is 4.42 Å². The first-order chi connectivity index (χ1) is 14.4. The summed E-state index contributed by atoms with van der Waals surface area (Å²) in [6.45, 7) is 10.3. The van der Waals surface area contributed by atoms with E-state index in [1.165, 1.54) is 6.20 Å². The molecule has 2 amide bonds. The number of benzene rings is 1. The van der Waals surface area contributed by atoms with E-state index in [1.54, 1.807) is 16.8 Å². The lowest BCUT2D eigenvalue weighted by Crippen LogP contribution is -2.41. The number of para-hydroxylation sites is 1. The molecule has 158 valence electrons. The van der Waals surface area contributed by atoms with Crippen LogP contribution in [0.3, 0.4) is 0 Å². The second-order valence-corrected chi connectivity index (χ2v) is 6.98. The van der Waals surface area contributed by atoms with Gasteiger partial charge < -0.3 is 4.42 Å². The average molecular weight is 409 g/mol. The number of nitrogens with zero attached hydrogens (tertiary/aromatic N) is 3. The van der Waals surface area contributed by atoms with Crippen molar-refractivity contribution >= 4 is 11.8 Å². The third-order valence-corrected chi connectivity index (χ3v) is 5.05. The van der Waals surface area contributed by atoms with E-state index in [0.29, 0.717) is 23.6 Å². The van der Waals surface area contributed by atoms with E-state index in [9.17, 15) is 9.59 Å². The monoisotopic (exact) mass is 409 g/mol. The molecule has 0 fully saturated rings. The fraction of sp³-hybridized carbons (Fsp3) is 0.318. The number of hydrogen-bond acceptors (Lipinski definition) is 5. The lowest BCUT2D eigenvalue weighted by molar-refractivity contribution is 0.0828. The Balaban J connectivity index is 1.63. The lowest BCUT2D eigenvalue weighted by atomic mass is 10.2. The normalized spacial score (nSPS) is 11.0. The molecular formula is C22H27N5O3. The molecule has 0 atom stereocenters. The van der Waals surface area contributed by atoms with Gasteiger partial charge in [0.2, 0.25) is 0 Å². The summed E-state index contributed by atoms with van der Waals surface area (Å²) in [7, 11) is 0. The van der Waals surface area contributed by atoms with Gasteiger partial charge in [0.1, 0.15) is 5.76 Å². The molecule has 1 aromatic carbocycles. The van der Waals surface area contributed by atoms with E-state index >= 15 is 0 Å². The molecule has 0 aliphatic rings. The minimum atomic E-state index is -0.516. The molecule has 8 heteroatoms. The van der Waals surface area contributed by atoms with Crippen molar-refractivity contribution in [1.29, 1.82) is 0 Å². The Kier molecular flexibility index (Phi) is 6.68. The smallest absolute Gasteiger partial charge is 0.305 e. The minimum absolute atomic E-state index is 0.143. The molecule has 0 aliphatic heterocycles. The van der Waals surface area contributed by atoms with Gasteiger partial charge in [-0.25, -0.2) is 4.68 Å². The van der Waals surface area contributed by atoms with Gasteiger partial charge in [-0.15, -0.1) is 0 Å². The molecule has 0 unspecified atom stereocenters. The average Bonchev–Trinajstić information content (AvgIpc) is 3.37. The summed E-state index contributed by atoms with van der Waals surface area (Å²) in [6.07, 6.45) is 1.48. The van der Waals surface area contributed by atoms with Crippen molar-refractivity contribution in [3.05, 3.63) is 70.9 Å². The maximum atomic E-state index is 12.5. The molecule has 30 heavy (non-hydrogen) atoms. The Morgan fingerprint density at radius 1 is 1.03 bits per heavy atom.